The van der Waals surface area contributed by atoms with Gasteiger partial charge in [0.05, 0.1) is 27.3 Å². The lowest BCUT2D eigenvalue weighted by atomic mass is 10.3. The lowest BCUT2D eigenvalue weighted by Crippen LogP contribution is -2.37. The molecule has 1 saturated heterocycles. The molecule has 1 aliphatic rings. The van der Waals surface area contributed by atoms with Crippen LogP contribution in [-0.4, -0.2) is 75.2 Å². The summed E-state index contributed by atoms with van der Waals surface area (Å²) in [5.41, 5.74) is 0. The number of carbonyl (C=O) groups is 2. The molecule has 0 aromatic carbocycles. The summed E-state index contributed by atoms with van der Waals surface area (Å²) < 4.78 is 9.27. The highest BCUT2D eigenvalue weighted by Gasteiger charge is 2.16. The Kier molecular flexibility index (Phi) is 7.43. The van der Waals surface area contributed by atoms with Crippen LogP contribution in [0, 0.1) is 0 Å². The van der Waals surface area contributed by atoms with Gasteiger partial charge >= 0.3 is 11.9 Å². The van der Waals surface area contributed by atoms with Crippen LogP contribution < -0.4 is 0 Å². The molecule has 0 N–H and O–H groups in total. The first-order valence-corrected chi connectivity index (χ1v) is 6.74. The highest BCUT2D eigenvalue weighted by Crippen LogP contribution is 2.07. The highest BCUT2D eigenvalue weighted by molar-refractivity contribution is 5.74. The number of nitrogens with zero attached hydrogens (tertiary/aromatic N) is 2. The minimum Gasteiger partial charge on any atom is -0.468 e. The lowest BCUT2D eigenvalue weighted by molar-refractivity contribution is -0.145. The third kappa shape index (κ3) is 6.54. The van der Waals surface area contributed by atoms with E-state index in [1.807, 2.05) is 0 Å². The monoisotopic (exact) mass is 272 g/mol. The Hall–Kier alpha value is -1.14. The van der Waals surface area contributed by atoms with Crippen molar-refractivity contribution in [3.05, 3.63) is 0 Å². The molecule has 0 radical (unpaired) electrons. The van der Waals surface area contributed by atoms with Crippen LogP contribution in [0.15, 0.2) is 0 Å². The molecule has 0 aromatic rings. The van der Waals surface area contributed by atoms with Gasteiger partial charge in [-0.1, -0.05) is 0 Å². The van der Waals surface area contributed by atoms with Crippen LogP contribution in [0.3, 0.4) is 0 Å². The van der Waals surface area contributed by atoms with Crippen LogP contribution in [0.4, 0.5) is 0 Å². The van der Waals surface area contributed by atoms with Crippen LogP contribution in [-0.2, 0) is 19.1 Å². The number of likely N-dealkylation sites (tertiary alicyclic amines) is 1. The van der Waals surface area contributed by atoms with Crippen LogP contribution >= 0.6 is 0 Å². The summed E-state index contributed by atoms with van der Waals surface area (Å²) in [6, 6.07) is 0. The summed E-state index contributed by atoms with van der Waals surface area (Å²) in [6.07, 6.45) is 3.48. The smallest absolute Gasteiger partial charge is 0.319 e. The second-order valence-corrected chi connectivity index (χ2v) is 4.77. The zero-order valence-electron chi connectivity index (χ0n) is 11.9. The van der Waals surface area contributed by atoms with E-state index in [-0.39, 0.29) is 25.0 Å². The Bertz CT molecular complexity index is 272. The van der Waals surface area contributed by atoms with Gasteiger partial charge in [-0.2, -0.15) is 0 Å². The zero-order valence-corrected chi connectivity index (χ0v) is 11.9. The number of esters is 2. The van der Waals surface area contributed by atoms with Gasteiger partial charge in [-0.05, 0) is 38.9 Å². The summed E-state index contributed by atoms with van der Waals surface area (Å²) in [6.45, 7) is 4.29. The first-order valence-electron chi connectivity index (χ1n) is 6.74. The summed E-state index contributed by atoms with van der Waals surface area (Å²) in [5, 5.41) is 0. The molecule has 1 aliphatic heterocycles. The topological polar surface area (TPSA) is 59.1 Å². The molecule has 0 atom stereocenters. The van der Waals surface area contributed by atoms with Gasteiger partial charge in [0.1, 0.15) is 0 Å². The van der Waals surface area contributed by atoms with Gasteiger partial charge in [0, 0.05) is 6.54 Å². The molecule has 1 fully saturated rings. The van der Waals surface area contributed by atoms with Crippen molar-refractivity contribution in [3.63, 3.8) is 0 Å². The standard InChI is InChI=1S/C13H24N2O4/c1-18-12(16)10-15(11-13(17)19-2)9-5-8-14-6-3-4-7-14/h3-11H2,1-2H3. The van der Waals surface area contributed by atoms with Gasteiger partial charge in [0.15, 0.2) is 0 Å². The van der Waals surface area contributed by atoms with E-state index in [0.29, 0.717) is 6.54 Å². The summed E-state index contributed by atoms with van der Waals surface area (Å²) in [4.78, 5) is 26.8. The average molecular weight is 272 g/mol. The van der Waals surface area contributed by atoms with Crippen LogP contribution in [0.25, 0.3) is 0 Å². The molecule has 0 bridgehead atoms. The predicted molar refractivity (Wildman–Crippen MR) is 70.8 cm³/mol. The molecule has 0 amide bonds. The fraction of sp³-hybridized carbons (Fsp3) is 0.846. The van der Waals surface area contributed by atoms with Crippen molar-refractivity contribution < 1.29 is 19.1 Å². The maximum Gasteiger partial charge on any atom is 0.319 e. The van der Waals surface area contributed by atoms with Crippen molar-refractivity contribution >= 4 is 11.9 Å². The van der Waals surface area contributed by atoms with E-state index in [9.17, 15) is 9.59 Å². The van der Waals surface area contributed by atoms with Gasteiger partial charge in [-0.25, -0.2) is 0 Å². The van der Waals surface area contributed by atoms with Crippen molar-refractivity contribution in [2.45, 2.75) is 19.3 Å². The molecule has 1 rings (SSSR count). The van der Waals surface area contributed by atoms with Crippen molar-refractivity contribution in [1.29, 1.82) is 0 Å². The maximum atomic E-state index is 11.3. The Labute approximate surface area is 114 Å². The Balaban J connectivity index is 2.29. The largest absolute Gasteiger partial charge is 0.468 e. The van der Waals surface area contributed by atoms with Crippen LogP contribution in [0.1, 0.15) is 19.3 Å². The molecule has 0 aliphatic carbocycles. The normalized spacial score (nSPS) is 15.7. The van der Waals surface area contributed by atoms with Crippen LogP contribution in [0.5, 0.6) is 0 Å². The first-order chi connectivity index (χ1) is 9.15. The van der Waals surface area contributed by atoms with Gasteiger partial charge in [-0.3, -0.25) is 14.5 Å². The summed E-state index contributed by atoms with van der Waals surface area (Å²) in [7, 11) is 2.70. The molecular formula is C13H24N2O4. The van der Waals surface area contributed by atoms with Crippen molar-refractivity contribution in [2.24, 2.45) is 0 Å². The van der Waals surface area contributed by atoms with Gasteiger partial charge < -0.3 is 14.4 Å². The Morgan fingerprint density at radius 2 is 1.58 bits per heavy atom. The van der Waals surface area contributed by atoms with Crippen LogP contribution in [0.2, 0.25) is 0 Å². The number of rotatable bonds is 8. The number of hydrogen-bond acceptors (Lipinski definition) is 6. The quantitative estimate of drug-likeness (QED) is 0.585. The lowest BCUT2D eigenvalue weighted by Gasteiger charge is -2.21. The van der Waals surface area contributed by atoms with E-state index >= 15 is 0 Å². The SMILES string of the molecule is COC(=O)CN(CCCN1CCCC1)CC(=O)OC. The fourth-order valence-electron chi connectivity index (χ4n) is 2.23. The molecule has 0 saturated carbocycles. The fourth-order valence-corrected chi connectivity index (χ4v) is 2.23. The second-order valence-electron chi connectivity index (χ2n) is 4.77. The third-order valence-corrected chi connectivity index (χ3v) is 3.31. The van der Waals surface area contributed by atoms with E-state index in [2.05, 4.69) is 14.4 Å². The number of ether oxygens (including phenoxy) is 2. The Morgan fingerprint density at radius 1 is 1.05 bits per heavy atom. The summed E-state index contributed by atoms with van der Waals surface area (Å²) >= 11 is 0. The summed E-state index contributed by atoms with van der Waals surface area (Å²) in [5.74, 6) is -0.657. The predicted octanol–water partition coefficient (Wildman–Crippen LogP) is 0.120. The molecule has 110 valence electrons. The van der Waals surface area contributed by atoms with E-state index in [4.69, 9.17) is 0 Å². The van der Waals surface area contributed by atoms with E-state index in [1.54, 1.807) is 4.90 Å². The highest BCUT2D eigenvalue weighted by atomic mass is 16.5. The first kappa shape index (κ1) is 15.9. The van der Waals surface area contributed by atoms with E-state index < -0.39 is 0 Å². The van der Waals surface area contributed by atoms with Gasteiger partial charge in [0.25, 0.3) is 0 Å². The molecule has 1 heterocycles. The van der Waals surface area contributed by atoms with Crippen molar-refractivity contribution in [1.82, 2.24) is 9.80 Å². The van der Waals surface area contributed by atoms with Crippen molar-refractivity contribution in [3.8, 4) is 0 Å². The molecule has 0 spiro atoms. The van der Waals surface area contributed by atoms with Gasteiger partial charge in [0.2, 0.25) is 0 Å². The van der Waals surface area contributed by atoms with Gasteiger partial charge in [-0.15, -0.1) is 0 Å². The molecule has 6 nitrogen and oxygen atoms in total. The Morgan fingerprint density at radius 3 is 2.05 bits per heavy atom. The number of hydrogen-bond donors (Lipinski definition) is 0. The minimum absolute atomic E-state index is 0.131. The molecule has 19 heavy (non-hydrogen) atoms. The van der Waals surface area contributed by atoms with E-state index in [1.165, 1.54) is 27.1 Å². The minimum atomic E-state index is -0.329. The third-order valence-electron chi connectivity index (χ3n) is 3.31. The second kappa shape index (κ2) is 8.87. The number of methoxy groups -OCH3 is 2. The molecule has 6 heteroatoms. The zero-order chi connectivity index (χ0) is 14.1. The maximum absolute atomic E-state index is 11.3. The molecular weight excluding hydrogens is 248 g/mol. The number of carbonyl (C=O) groups excluding carboxylic acids is 2. The van der Waals surface area contributed by atoms with Crippen molar-refractivity contribution in [2.75, 3.05) is 53.5 Å². The average Bonchev–Trinajstić information content (AvgIpc) is 2.91. The van der Waals surface area contributed by atoms with E-state index in [0.717, 1.165) is 26.1 Å². The molecule has 0 aromatic heterocycles. The molecule has 0 unspecified atom stereocenters.